The van der Waals surface area contributed by atoms with Crippen molar-refractivity contribution < 1.29 is 19.2 Å². The average Bonchev–Trinajstić information content (AvgIpc) is 2.86. The van der Waals surface area contributed by atoms with Crippen LogP contribution in [0.2, 0.25) is 5.02 Å². The summed E-state index contributed by atoms with van der Waals surface area (Å²) in [5.74, 6) is 1.07. The number of carbonyl (C=O) groups excluding carboxylic acids is 1. The molecule has 2 amide bonds. The number of benzene rings is 2. The number of hydrogen-bond donors (Lipinski definition) is 2. The van der Waals surface area contributed by atoms with E-state index in [1.54, 1.807) is 12.1 Å². The Labute approximate surface area is 154 Å². The van der Waals surface area contributed by atoms with Crippen LogP contribution >= 0.6 is 11.6 Å². The van der Waals surface area contributed by atoms with Crippen molar-refractivity contribution in [2.45, 2.75) is 13.0 Å². The summed E-state index contributed by atoms with van der Waals surface area (Å²) >= 11 is 6.22. The number of nitrogens with one attached hydrogen (secondary N) is 2. The molecule has 26 heavy (non-hydrogen) atoms. The number of ether oxygens (including phenoxy) is 2. The lowest BCUT2D eigenvalue weighted by Gasteiger charge is -2.12. The van der Waals surface area contributed by atoms with Crippen LogP contribution in [0.5, 0.6) is 11.5 Å². The van der Waals surface area contributed by atoms with Gasteiger partial charge in [-0.1, -0.05) is 11.6 Å². The van der Waals surface area contributed by atoms with E-state index < -0.39 is 11.0 Å². The topological polar surface area (TPSA) is 103 Å². The smallest absolute Gasteiger partial charge is 0.319 e. The predicted molar refractivity (Wildman–Crippen MR) is 96.0 cm³/mol. The van der Waals surface area contributed by atoms with Crippen LogP contribution in [0, 0.1) is 10.1 Å². The van der Waals surface area contributed by atoms with Gasteiger partial charge in [-0.25, -0.2) is 4.79 Å². The van der Waals surface area contributed by atoms with Crippen LogP contribution in [0.4, 0.5) is 16.2 Å². The van der Waals surface area contributed by atoms with Crippen LogP contribution in [-0.4, -0.2) is 24.2 Å². The van der Waals surface area contributed by atoms with Gasteiger partial charge in [0.1, 0.15) is 0 Å². The second kappa shape index (κ2) is 7.92. The Bertz CT molecular complexity index is 826. The van der Waals surface area contributed by atoms with E-state index in [1.165, 1.54) is 24.3 Å². The molecule has 8 nitrogen and oxygen atoms in total. The number of nitrogens with zero attached hydrogens (tertiary/aromatic N) is 1. The molecule has 0 saturated heterocycles. The van der Waals surface area contributed by atoms with Gasteiger partial charge in [0.2, 0.25) is 0 Å². The number of anilines is 1. The summed E-state index contributed by atoms with van der Waals surface area (Å²) in [4.78, 5) is 22.1. The molecule has 136 valence electrons. The molecule has 9 heteroatoms. The van der Waals surface area contributed by atoms with Gasteiger partial charge in [-0.2, -0.15) is 0 Å². The Morgan fingerprint density at radius 3 is 2.65 bits per heavy atom. The fourth-order valence-electron chi connectivity index (χ4n) is 2.41. The first-order chi connectivity index (χ1) is 12.5. The predicted octanol–water partition coefficient (Wildman–Crippen LogP) is 3.73. The summed E-state index contributed by atoms with van der Waals surface area (Å²) in [6.45, 7) is 1.32. The number of carbonyl (C=O) groups is 1. The number of urea groups is 1. The maximum atomic E-state index is 12.0. The number of rotatable bonds is 4. The van der Waals surface area contributed by atoms with E-state index in [-0.39, 0.29) is 12.2 Å². The van der Waals surface area contributed by atoms with Gasteiger partial charge in [-0.15, -0.1) is 0 Å². The normalized spacial score (nSPS) is 12.8. The number of hydrogen-bond acceptors (Lipinski definition) is 5. The van der Waals surface area contributed by atoms with Crippen LogP contribution in [0.15, 0.2) is 36.4 Å². The first-order valence-corrected chi connectivity index (χ1v) is 8.28. The van der Waals surface area contributed by atoms with Gasteiger partial charge >= 0.3 is 6.03 Å². The fraction of sp³-hybridized carbons (Fsp3) is 0.235. The van der Waals surface area contributed by atoms with E-state index in [1.807, 2.05) is 0 Å². The third kappa shape index (κ3) is 4.34. The molecule has 0 spiro atoms. The van der Waals surface area contributed by atoms with Crippen LogP contribution in [0.25, 0.3) is 0 Å². The Balaban J connectivity index is 1.60. The molecule has 0 aliphatic carbocycles. The minimum Gasteiger partial charge on any atom is -0.489 e. The van der Waals surface area contributed by atoms with Crippen LogP contribution in [0.1, 0.15) is 12.0 Å². The molecule has 1 heterocycles. The maximum absolute atomic E-state index is 12.0. The lowest BCUT2D eigenvalue weighted by Crippen LogP contribution is -2.28. The largest absolute Gasteiger partial charge is 0.489 e. The fourth-order valence-corrected chi connectivity index (χ4v) is 2.70. The summed E-state index contributed by atoms with van der Waals surface area (Å²) in [6, 6.07) is 8.60. The zero-order chi connectivity index (χ0) is 18.5. The van der Waals surface area contributed by atoms with E-state index in [9.17, 15) is 14.9 Å². The van der Waals surface area contributed by atoms with Gasteiger partial charge in [0.15, 0.2) is 11.5 Å². The molecule has 2 N–H and O–H groups in total. The number of fused-ring (bicyclic) bond motifs is 1. The zero-order valence-corrected chi connectivity index (χ0v) is 14.4. The van der Waals surface area contributed by atoms with Gasteiger partial charge in [0.05, 0.1) is 23.2 Å². The second-order valence-electron chi connectivity index (χ2n) is 5.57. The van der Waals surface area contributed by atoms with Crippen molar-refractivity contribution in [1.82, 2.24) is 5.32 Å². The zero-order valence-electron chi connectivity index (χ0n) is 13.7. The van der Waals surface area contributed by atoms with Crippen molar-refractivity contribution in [1.29, 1.82) is 0 Å². The number of halogens is 1. The highest BCUT2D eigenvalue weighted by Crippen LogP contribution is 2.37. The molecule has 0 radical (unpaired) electrons. The lowest BCUT2D eigenvalue weighted by molar-refractivity contribution is -0.384. The molecule has 2 aromatic rings. The molecule has 1 aliphatic rings. The molecule has 0 aromatic heterocycles. The minimum absolute atomic E-state index is 0.0437. The molecule has 0 atom stereocenters. The molecule has 2 aromatic carbocycles. The van der Waals surface area contributed by atoms with Crippen molar-refractivity contribution in [2.75, 3.05) is 18.5 Å². The molecule has 0 bridgehead atoms. The van der Waals surface area contributed by atoms with Crippen LogP contribution in [0.3, 0.4) is 0 Å². The summed E-state index contributed by atoms with van der Waals surface area (Å²) < 4.78 is 11.2. The van der Waals surface area contributed by atoms with Gasteiger partial charge in [-0.3, -0.25) is 10.1 Å². The maximum Gasteiger partial charge on any atom is 0.319 e. The number of amides is 2. The molecule has 0 saturated carbocycles. The third-order valence-corrected chi connectivity index (χ3v) is 3.93. The molecule has 0 unspecified atom stereocenters. The van der Waals surface area contributed by atoms with E-state index in [0.29, 0.717) is 35.4 Å². The lowest BCUT2D eigenvalue weighted by atomic mass is 10.2. The van der Waals surface area contributed by atoms with Gasteiger partial charge in [0.25, 0.3) is 5.69 Å². The Kier molecular flexibility index (Phi) is 5.43. The Morgan fingerprint density at radius 2 is 1.92 bits per heavy atom. The van der Waals surface area contributed by atoms with E-state index >= 15 is 0 Å². The van der Waals surface area contributed by atoms with Crippen molar-refractivity contribution in [3.8, 4) is 11.5 Å². The molecule has 0 fully saturated rings. The monoisotopic (exact) mass is 377 g/mol. The first kappa shape index (κ1) is 17.8. The number of non-ortho nitro benzene ring substituents is 1. The van der Waals surface area contributed by atoms with E-state index in [4.69, 9.17) is 21.1 Å². The summed E-state index contributed by atoms with van der Waals surface area (Å²) in [5.41, 5.74) is 1.17. The molecule has 1 aliphatic heterocycles. The van der Waals surface area contributed by atoms with Crippen molar-refractivity contribution >= 4 is 29.0 Å². The Morgan fingerprint density at radius 1 is 1.19 bits per heavy atom. The van der Waals surface area contributed by atoms with Crippen molar-refractivity contribution in [3.05, 3.63) is 57.1 Å². The van der Waals surface area contributed by atoms with E-state index in [2.05, 4.69) is 10.6 Å². The molecule has 3 rings (SSSR count). The van der Waals surface area contributed by atoms with Gasteiger partial charge in [-0.05, 0) is 29.8 Å². The quantitative estimate of drug-likeness (QED) is 0.624. The van der Waals surface area contributed by atoms with Gasteiger partial charge < -0.3 is 20.1 Å². The first-order valence-electron chi connectivity index (χ1n) is 7.90. The molecular weight excluding hydrogens is 362 g/mol. The Hall–Kier alpha value is -3.00. The van der Waals surface area contributed by atoms with Crippen LogP contribution < -0.4 is 20.1 Å². The third-order valence-electron chi connectivity index (χ3n) is 3.65. The second-order valence-corrected chi connectivity index (χ2v) is 5.97. The highest BCUT2D eigenvalue weighted by molar-refractivity contribution is 6.32. The van der Waals surface area contributed by atoms with Gasteiger partial charge in [0, 0.05) is 30.8 Å². The minimum atomic E-state index is -0.502. The standard InChI is InChI=1S/C17H16ClN3O5/c18-14-8-11(9-15-16(14)26-7-1-6-25-15)10-19-17(22)20-12-2-4-13(5-3-12)21(23)24/h2-5,8-9H,1,6-7,10H2,(H2,19,20,22). The van der Waals surface area contributed by atoms with E-state index in [0.717, 1.165) is 12.0 Å². The highest BCUT2D eigenvalue weighted by Gasteiger charge is 2.16. The average molecular weight is 378 g/mol. The summed E-state index contributed by atoms with van der Waals surface area (Å²) in [7, 11) is 0. The molecular formula is C17H16ClN3O5. The SMILES string of the molecule is O=C(NCc1cc(Cl)c2c(c1)OCCCO2)Nc1ccc([N+](=O)[O-])cc1. The van der Waals surface area contributed by atoms with Crippen LogP contribution in [-0.2, 0) is 6.54 Å². The number of nitro groups is 1. The summed E-state index contributed by atoms with van der Waals surface area (Å²) in [5, 5.41) is 16.3. The van der Waals surface area contributed by atoms with Crippen molar-refractivity contribution in [3.63, 3.8) is 0 Å². The summed E-state index contributed by atoms with van der Waals surface area (Å²) in [6.07, 6.45) is 0.774. The highest BCUT2D eigenvalue weighted by atomic mass is 35.5. The van der Waals surface area contributed by atoms with Crippen molar-refractivity contribution in [2.24, 2.45) is 0 Å². The number of nitro benzene ring substituents is 1.